The van der Waals surface area contributed by atoms with Gasteiger partial charge >= 0.3 is 0 Å². The topological polar surface area (TPSA) is 70.8 Å². The van der Waals surface area contributed by atoms with Crippen LogP contribution in [-0.4, -0.2) is 34.3 Å². The first-order valence-corrected chi connectivity index (χ1v) is 8.20. The molecule has 0 spiro atoms. The van der Waals surface area contributed by atoms with E-state index < -0.39 is 0 Å². The predicted molar refractivity (Wildman–Crippen MR) is 91.5 cm³/mol. The molecule has 5 nitrogen and oxygen atoms in total. The number of fused-ring (bicyclic) bond motifs is 2. The molecule has 0 bridgehead atoms. The van der Waals surface area contributed by atoms with E-state index in [1.165, 1.54) is 0 Å². The highest BCUT2D eigenvalue weighted by Gasteiger charge is 2.53. The number of rotatable bonds is 2. The molecule has 6 heteroatoms. The maximum atomic E-state index is 6.40. The highest BCUT2D eigenvalue weighted by molar-refractivity contribution is 6.33. The lowest BCUT2D eigenvalue weighted by Gasteiger charge is -2.20. The van der Waals surface area contributed by atoms with Crippen molar-refractivity contribution in [2.24, 2.45) is 17.6 Å². The van der Waals surface area contributed by atoms with Crippen molar-refractivity contribution in [1.29, 1.82) is 0 Å². The lowest BCUT2D eigenvalue weighted by molar-refractivity contribution is 0.735. The fourth-order valence-electron chi connectivity index (χ4n) is 3.71. The van der Waals surface area contributed by atoms with Crippen molar-refractivity contribution in [2.75, 3.05) is 18.0 Å². The molecule has 5 rings (SSSR count). The standard InChI is InChI=1S/C17H16ClN5/c18-13-6-20-15(23-7-11-12(8-23)16(11)19)5-10(13)17-9-3-1-2-4-14(9)21-22-17/h1-6,11-12,16H,7-8,19H2,(H,21,22). The van der Waals surface area contributed by atoms with Gasteiger partial charge < -0.3 is 10.6 Å². The van der Waals surface area contributed by atoms with Gasteiger partial charge in [-0.1, -0.05) is 29.8 Å². The van der Waals surface area contributed by atoms with Gasteiger partial charge in [0.25, 0.3) is 0 Å². The molecule has 0 amide bonds. The van der Waals surface area contributed by atoms with Gasteiger partial charge in [-0.3, -0.25) is 5.10 Å². The van der Waals surface area contributed by atoms with E-state index >= 15 is 0 Å². The summed E-state index contributed by atoms with van der Waals surface area (Å²) in [6.07, 6.45) is 1.72. The first kappa shape index (κ1) is 13.3. The Morgan fingerprint density at radius 3 is 2.83 bits per heavy atom. The zero-order valence-electron chi connectivity index (χ0n) is 12.4. The lowest BCUT2D eigenvalue weighted by atomic mass is 10.1. The number of halogens is 1. The van der Waals surface area contributed by atoms with Crippen LogP contribution < -0.4 is 10.6 Å². The van der Waals surface area contributed by atoms with Crippen molar-refractivity contribution < 1.29 is 0 Å². The van der Waals surface area contributed by atoms with E-state index in [9.17, 15) is 0 Å². The number of hydrogen-bond donors (Lipinski definition) is 2. The minimum atomic E-state index is 0.383. The summed E-state index contributed by atoms with van der Waals surface area (Å²) < 4.78 is 0. The molecule has 2 aromatic heterocycles. The van der Waals surface area contributed by atoms with Crippen LogP contribution in [0.15, 0.2) is 36.5 Å². The molecule has 1 aromatic carbocycles. The number of para-hydroxylation sites is 1. The summed E-state index contributed by atoms with van der Waals surface area (Å²) in [5, 5.41) is 9.20. The van der Waals surface area contributed by atoms with Crippen molar-refractivity contribution in [3.63, 3.8) is 0 Å². The van der Waals surface area contributed by atoms with E-state index in [1.54, 1.807) is 6.20 Å². The quantitative estimate of drug-likeness (QED) is 0.760. The monoisotopic (exact) mass is 325 g/mol. The van der Waals surface area contributed by atoms with Crippen molar-refractivity contribution in [3.8, 4) is 11.3 Å². The van der Waals surface area contributed by atoms with Gasteiger partial charge in [0.05, 0.1) is 10.5 Å². The maximum absolute atomic E-state index is 6.40. The molecule has 3 N–H and O–H groups in total. The number of nitrogens with one attached hydrogen (secondary N) is 1. The average Bonchev–Trinajstić information content (AvgIpc) is 3.00. The Balaban J connectivity index is 1.56. The minimum absolute atomic E-state index is 0.383. The van der Waals surface area contributed by atoms with Crippen LogP contribution in [0.3, 0.4) is 0 Å². The predicted octanol–water partition coefficient (Wildman–Crippen LogP) is 2.67. The molecule has 1 aliphatic carbocycles. The van der Waals surface area contributed by atoms with Gasteiger partial charge in [0.1, 0.15) is 11.5 Å². The molecule has 2 fully saturated rings. The molecular formula is C17H16ClN5. The molecule has 1 saturated heterocycles. The molecule has 23 heavy (non-hydrogen) atoms. The first-order valence-electron chi connectivity index (χ1n) is 7.82. The number of pyridine rings is 1. The Bertz CT molecular complexity index is 893. The summed E-state index contributed by atoms with van der Waals surface area (Å²) in [5.74, 6) is 2.21. The summed E-state index contributed by atoms with van der Waals surface area (Å²) in [5.41, 5.74) is 8.81. The summed E-state index contributed by atoms with van der Waals surface area (Å²) in [6, 6.07) is 10.5. The van der Waals surface area contributed by atoms with E-state index in [0.29, 0.717) is 22.9 Å². The van der Waals surface area contributed by atoms with Gasteiger partial charge in [0.15, 0.2) is 0 Å². The number of piperidine rings is 1. The minimum Gasteiger partial charge on any atom is -0.356 e. The Kier molecular flexibility index (Phi) is 2.72. The van der Waals surface area contributed by atoms with Crippen LogP contribution in [-0.2, 0) is 0 Å². The Morgan fingerprint density at radius 1 is 1.22 bits per heavy atom. The van der Waals surface area contributed by atoms with Crippen LogP contribution in [0.2, 0.25) is 5.02 Å². The second-order valence-corrected chi connectivity index (χ2v) is 6.86. The van der Waals surface area contributed by atoms with Crippen LogP contribution in [0, 0.1) is 11.8 Å². The number of aromatic nitrogens is 3. The highest BCUT2D eigenvalue weighted by Crippen LogP contribution is 2.45. The summed E-state index contributed by atoms with van der Waals surface area (Å²) in [6.45, 7) is 1.97. The van der Waals surface area contributed by atoms with Crippen LogP contribution in [0.4, 0.5) is 5.82 Å². The molecule has 3 heterocycles. The molecular weight excluding hydrogens is 310 g/mol. The normalized spacial score (nSPS) is 25.8. The second kappa shape index (κ2) is 4.69. The largest absolute Gasteiger partial charge is 0.356 e. The van der Waals surface area contributed by atoms with E-state index in [-0.39, 0.29) is 0 Å². The van der Waals surface area contributed by atoms with Crippen LogP contribution in [0.25, 0.3) is 22.2 Å². The summed E-state index contributed by atoms with van der Waals surface area (Å²) in [4.78, 5) is 6.81. The van der Waals surface area contributed by atoms with E-state index in [1.807, 2.05) is 24.3 Å². The molecule has 116 valence electrons. The number of anilines is 1. The zero-order valence-corrected chi connectivity index (χ0v) is 13.2. The van der Waals surface area contributed by atoms with Crippen LogP contribution in [0.5, 0.6) is 0 Å². The average molecular weight is 326 g/mol. The van der Waals surface area contributed by atoms with Crippen molar-refractivity contribution in [3.05, 3.63) is 41.6 Å². The summed E-state index contributed by atoms with van der Waals surface area (Å²) >= 11 is 6.40. The van der Waals surface area contributed by atoms with Crippen LogP contribution >= 0.6 is 11.6 Å². The van der Waals surface area contributed by atoms with Gasteiger partial charge in [-0.15, -0.1) is 0 Å². The number of aromatic amines is 1. The van der Waals surface area contributed by atoms with Gasteiger partial charge in [-0.2, -0.15) is 5.10 Å². The van der Waals surface area contributed by atoms with Gasteiger partial charge in [0, 0.05) is 36.3 Å². The molecule has 1 aliphatic heterocycles. The van der Waals surface area contributed by atoms with Gasteiger partial charge in [-0.05, 0) is 24.0 Å². The van der Waals surface area contributed by atoms with Crippen molar-refractivity contribution >= 4 is 28.3 Å². The number of nitrogens with two attached hydrogens (primary N) is 1. The molecule has 1 saturated carbocycles. The SMILES string of the molecule is NC1C2CN(c3cc(-c4n[nH]c5ccccc45)c(Cl)cn3)CC12. The van der Waals surface area contributed by atoms with Crippen LogP contribution in [0.1, 0.15) is 0 Å². The third kappa shape index (κ3) is 1.97. The van der Waals surface area contributed by atoms with Gasteiger partial charge in [0.2, 0.25) is 0 Å². The summed E-state index contributed by atoms with van der Waals surface area (Å²) in [7, 11) is 0. The second-order valence-electron chi connectivity index (χ2n) is 6.45. The number of nitrogens with zero attached hydrogens (tertiary/aromatic N) is 3. The molecule has 2 unspecified atom stereocenters. The smallest absolute Gasteiger partial charge is 0.129 e. The molecule has 2 atom stereocenters. The number of H-pyrrole nitrogens is 1. The first-order chi connectivity index (χ1) is 11.2. The Morgan fingerprint density at radius 2 is 2.00 bits per heavy atom. The lowest BCUT2D eigenvalue weighted by Crippen LogP contribution is -2.28. The van der Waals surface area contributed by atoms with E-state index in [2.05, 4.69) is 26.1 Å². The third-order valence-electron chi connectivity index (χ3n) is 5.15. The fourth-order valence-corrected chi connectivity index (χ4v) is 3.90. The Labute approximate surface area is 138 Å². The Hall–Kier alpha value is -2.11. The fraction of sp³-hybridized carbons (Fsp3) is 0.294. The highest BCUT2D eigenvalue weighted by atomic mass is 35.5. The molecule has 0 radical (unpaired) electrons. The molecule has 3 aromatic rings. The third-order valence-corrected chi connectivity index (χ3v) is 5.45. The van der Waals surface area contributed by atoms with Gasteiger partial charge in [-0.25, -0.2) is 4.98 Å². The van der Waals surface area contributed by atoms with Crippen molar-refractivity contribution in [1.82, 2.24) is 15.2 Å². The maximum Gasteiger partial charge on any atom is 0.129 e. The zero-order chi connectivity index (χ0) is 15.6. The van der Waals surface area contributed by atoms with E-state index in [4.69, 9.17) is 17.3 Å². The number of benzene rings is 1. The van der Waals surface area contributed by atoms with E-state index in [0.717, 1.165) is 41.1 Å². The van der Waals surface area contributed by atoms with Crippen molar-refractivity contribution in [2.45, 2.75) is 6.04 Å². The number of hydrogen-bond acceptors (Lipinski definition) is 4. The molecule has 2 aliphatic rings.